The molecule has 270 valence electrons. The van der Waals surface area contributed by atoms with Crippen LogP contribution < -0.4 is 0 Å². The lowest BCUT2D eigenvalue weighted by Gasteiger charge is -2.13. The highest BCUT2D eigenvalue weighted by Gasteiger charge is 2.18. The van der Waals surface area contributed by atoms with Gasteiger partial charge < -0.3 is 9.13 Å². The van der Waals surface area contributed by atoms with Gasteiger partial charge in [0.1, 0.15) is 0 Å². The van der Waals surface area contributed by atoms with E-state index in [0.717, 1.165) is 44.5 Å². The molecular weight excluding hydrogens is 705 g/mol. The second kappa shape index (κ2) is 12.9. The van der Waals surface area contributed by atoms with E-state index in [9.17, 15) is 0 Å². The zero-order valence-corrected chi connectivity index (χ0v) is 31.4. The summed E-state index contributed by atoms with van der Waals surface area (Å²) in [4.78, 5) is 10.4. The number of nitrogens with zero attached hydrogens (tertiary/aromatic N) is 4. The predicted octanol–water partition coefficient (Wildman–Crippen LogP) is 14.0. The van der Waals surface area contributed by atoms with Gasteiger partial charge in [0.15, 0.2) is 5.82 Å². The molecule has 9 aromatic carbocycles. The summed E-state index contributed by atoms with van der Waals surface area (Å²) in [6.07, 6.45) is 0. The first kappa shape index (κ1) is 32.4. The maximum absolute atomic E-state index is 5.27. The fourth-order valence-corrected chi connectivity index (χ4v) is 9.03. The zero-order valence-electron chi connectivity index (χ0n) is 31.4. The largest absolute Gasteiger partial charge is 0.309 e. The summed E-state index contributed by atoms with van der Waals surface area (Å²) in [6, 6.07) is 73.8. The standard InChI is InChI=1S/C54H34N4/c1-3-14-36(15-4-1)53-52-42-18-8-7-13-35(42)26-31-47(52)55-54(56-53)37-23-28-41(29-24-37)58-48-21-11-9-19-43(48)45-30-25-39(34-51(45)58)38-27-32-50-46(33-38)44-20-10-12-22-49(44)57(50)40-16-5-2-6-17-40/h1-34H. The van der Waals surface area contributed by atoms with Crippen LogP contribution in [0.4, 0.5) is 0 Å². The number of para-hydroxylation sites is 3. The highest BCUT2D eigenvalue weighted by atomic mass is 15.0. The lowest BCUT2D eigenvalue weighted by molar-refractivity contribution is 1.17. The topological polar surface area (TPSA) is 35.6 Å². The van der Waals surface area contributed by atoms with Gasteiger partial charge in [0.05, 0.1) is 33.3 Å². The lowest BCUT2D eigenvalue weighted by atomic mass is 10.00. The van der Waals surface area contributed by atoms with Crippen LogP contribution in [0, 0.1) is 0 Å². The summed E-state index contributed by atoms with van der Waals surface area (Å²) in [5, 5.41) is 8.36. The molecular formula is C54H34N4. The van der Waals surface area contributed by atoms with Gasteiger partial charge in [-0.3, -0.25) is 0 Å². The summed E-state index contributed by atoms with van der Waals surface area (Å²) < 4.78 is 4.76. The second-order valence-electron chi connectivity index (χ2n) is 15.0. The Kier molecular flexibility index (Phi) is 7.20. The molecule has 3 heterocycles. The summed E-state index contributed by atoms with van der Waals surface area (Å²) in [5.74, 6) is 0.710. The molecule has 0 radical (unpaired) electrons. The molecule has 0 saturated carbocycles. The number of aromatic nitrogens is 4. The van der Waals surface area contributed by atoms with Crippen LogP contribution in [0.15, 0.2) is 206 Å². The zero-order chi connectivity index (χ0) is 38.2. The van der Waals surface area contributed by atoms with E-state index in [1.807, 2.05) is 6.07 Å². The minimum absolute atomic E-state index is 0.710. The molecule has 12 aromatic rings. The van der Waals surface area contributed by atoms with Gasteiger partial charge in [0.2, 0.25) is 0 Å². The van der Waals surface area contributed by atoms with Crippen LogP contribution in [-0.4, -0.2) is 19.1 Å². The van der Waals surface area contributed by atoms with Crippen LogP contribution in [0.25, 0.3) is 110 Å². The Balaban J connectivity index is 0.994. The Morgan fingerprint density at radius 3 is 1.64 bits per heavy atom. The van der Waals surface area contributed by atoms with E-state index < -0.39 is 0 Å². The second-order valence-corrected chi connectivity index (χ2v) is 15.0. The fourth-order valence-electron chi connectivity index (χ4n) is 9.03. The van der Waals surface area contributed by atoms with Gasteiger partial charge in [-0.15, -0.1) is 0 Å². The molecule has 12 rings (SSSR count). The Morgan fingerprint density at radius 1 is 0.310 bits per heavy atom. The van der Waals surface area contributed by atoms with Crippen LogP contribution >= 0.6 is 0 Å². The van der Waals surface area contributed by atoms with Crippen molar-refractivity contribution in [1.29, 1.82) is 0 Å². The quantitative estimate of drug-likeness (QED) is 0.165. The van der Waals surface area contributed by atoms with Crippen molar-refractivity contribution in [3.05, 3.63) is 206 Å². The first-order valence-corrected chi connectivity index (χ1v) is 19.7. The van der Waals surface area contributed by atoms with Crippen molar-refractivity contribution in [2.75, 3.05) is 0 Å². The van der Waals surface area contributed by atoms with Gasteiger partial charge in [0, 0.05) is 49.4 Å². The van der Waals surface area contributed by atoms with Crippen LogP contribution in [0.5, 0.6) is 0 Å². The number of fused-ring (bicyclic) bond motifs is 9. The molecule has 4 heteroatoms. The molecule has 0 aliphatic heterocycles. The van der Waals surface area contributed by atoms with Gasteiger partial charge in [-0.2, -0.15) is 0 Å². The Hall–Kier alpha value is -7.82. The van der Waals surface area contributed by atoms with Crippen molar-refractivity contribution in [2.45, 2.75) is 0 Å². The molecule has 58 heavy (non-hydrogen) atoms. The van der Waals surface area contributed by atoms with Crippen LogP contribution in [-0.2, 0) is 0 Å². The van der Waals surface area contributed by atoms with E-state index in [0.29, 0.717) is 5.82 Å². The van der Waals surface area contributed by atoms with Gasteiger partial charge in [0.25, 0.3) is 0 Å². The van der Waals surface area contributed by atoms with Gasteiger partial charge in [-0.1, -0.05) is 133 Å². The Bertz CT molecular complexity index is 3540. The monoisotopic (exact) mass is 738 g/mol. The van der Waals surface area contributed by atoms with Gasteiger partial charge in [-0.25, -0.2) is 9.97 Å². The predicted molar refractivity (Wildman–Crippen MR) is 242 cm³/mol. The van der Waals surface area contributed by atoms with E-state index in [-0.39, 0.29) is 0 Å². The number of benzene rings is 9. The molecule has 0 unspecified atom stereocenters. The fraction of sp³-hybridized carbons (Fsp3) is 0. The third-order valence-electron chi connectivity index (χ3n) is 11.7. The molecule has 0 fully saturated rings. The van der Waals surface area contributed by atoms with E-state index >= 15 is 0 Å². The normalized spacial score (nSPS) is 11.8. The first-order valence-electron chi connectivity index (χ1n) is 19.7. The van der Waals surface area contributed by atoms with E-state index in [1.54, 1.807) is 0 Å². The molecule has 0 spiro atoms. The van der Waals surface area contributed by atoms with Crippen molar-refractivity contribution in [2.24, 2.45) is 0 Å². The van der Waals surface area contributed by atoms with Gasteiger partial charge >= 0.3 is 0 Å². The molecule has 4 nitrogen and oxygen atoms in total. The van der Waals surface area contributed by atoms with Crippen molar-refractivity contribution in [1.82, 2.24) is 19.1 Å². The summed E-state index contributed by atoms with van der Waals surface area (Å²) >= 11 is 0. The maximum Gasteiger partial charge on any atom is 0.160 e. The van der Waals surface area contributed by atoms with Gasteiger partial charge in [-0.05, 0) is 94.7 Å². The molecule has 0 aliphatic carbocycles. The Labute approximate surface area is 334 Å². The van der Waals surface area contributed by atoms with E-state index in [4.69, 9.17) is 9.97 Å². The minimum Gasteiger partial charge on any atom is -0.309 e. The minimum atomic E-state index is 0.710. The smallest absolute Gasteiger partial charge is 0.160 e. The Morgan fingerprint density at radius 2 is 0.862 bits per heavy atom. The molecule has 0 atom stereocenters. The highest BCUT2D eigenvalue weighted by Crippen LogP contribution is 2.39. The van der Waals surface area contributed by atoms with E-state index in [1.165, 1.54) is 60.1 Å². The molecule has 0 N–H and O–H groups in total. The van der Waals surface area contributed by atoms with Crippen LogP contribution in [0.3, 0.4) is 0 Å². The average molecular weight is 739 g/mol. The summed E-state index contributed by atoms with van der Waals surface area (Å²) in [6.45, 7) is 0. The molecule has 0 bridgehead atoms. The van der Waals surface area contributed by atoms with Crippen molar-refractivity contribution in [3.63, 3.8) is 0 Å². The maximum atomic E-state index is 5.27. The molecule has 3 aromatic heterocycles. The molecule has 0 amide bonds. The average Bonchev–Trinajstić information content (AvgIpc) is 3.81. The summed E-state index contributed by atoms with van der Waals surface area (Å²) in [7, 11) is 0. The number of rotatable bonds is 5. The van der Waals surface area contributed by atoms with Crippen LogP contribution in [0.2, 0.25) is 0 Å². The van der Waals surface area contributed by atoms with Crippen molar-refractivity contribution in [3.8, 4) is 45.1 Å². The number of hydrogen-bond acceptors (Lipinski definition) is 2. The molecule has 0 aliphatic rings. The highest BCUT2D eigenvalue weighted by molar-refractivity contribution is 6.14. The first-order chi connectivity index (χ1) is 28.8. The summed E-state index contributed by atoms with van der Waals surface area (Å²) in [5.41, 5.74) is 13.3. The van der Waals surface area contributed by atoms with Crippen molar-refractivity contribution < 1.29 is 0 Å². The van der Waals surface area contributed by atoms with Crippen molar-refractivity contribution >= 4 is 65.3 Å². The molecule has 0 saturated heterocycles. The number of hydrogen-bond donors (Lipinski definition) is 0. The third kappa shape index (κ3) is 5.02. The van der Waals surface area contributed by atoms with E-state index in [2.05, 4.69) is 209 Å². The lowest BCUT2D eigenvalue weighted by Crippen LogP contribution is -1.97. The van der Waals surface area contributed by atoms with Crippen LogP contribution in [0.1, 0.15) is 0 Å². The SMILES string of the molecule is c1ccc(-c2nc(-c3ccc(-n4c5ccccc5c5ccc(-c6ccc7c(c6)c6ccccc6n7-c6ccccc6)cc54)cc3)nc3ccc4ccccc4c23)cc1. The third-order valence-corrected chi connectivity index (χ3v) is 11.7.